The smallest absolute Gasteiger partial charge is 0.0377 e. The van der Waals surface area contributed by atoms with Crippen molar-refractivity contribution in [3.63, 3.8) is 0 Å². The highest BCUT2D eigenvalue weighted by Gasteiger charge is 2.19. The minimum Gasteiger partial charge on any atom is -0.371 e. The summed E-state index contributed by atoms with van der Waals surface area (Å²) in [5.41, 5.74) is 1.36. The highest BCUT2D eigenvalue weighted by atomic mass is 79.9. The van der Waals surface area contributed by atoms with Crippen molar-refractivity contribution < 1.29 is 0 Å². The van der Waals surface area contributed by atoms with Crippen molar-refractivity contribution in [2.75, 3.05) is 31.6 Å². The molecule has 0 bridgehead atoms. The van der Waals surface area contributed by atoms with Gasteiger partial charge in [0.05, 0.1) is 0 Å². The molecule has 0 spiro atoms. The lowest BCUT2D eigenvalue weighted by Crippen LogP contribution is -2.36. The average Bonchev–Trinajstić information content (AvgIpc) is 2.37. The van der Waals surface area contributed by atoms with Gasteiger partial charge in [0, 0.05) is 23.2 Å². The Balaban J connectivity index is 1.97. The van der Waals surface area contributed by atoms with Crippen LogP contribution in [0.1, 0.15) is 19.3 Å². The molecule has 3 heteroatoms. The van der Waals surface area contributed by atoms with E-state index >= 15 is 0 Å². The highest BCUT2D eigenvalue weighted by Crippen LogP contribution is 2.26. The predicted molar refractivity (Wildman–Crippen MR) is 77.6 cm³/mol. The molecule has 2 rings (SSSR count). The van der Waals surface area contributed by atoms with Crippen molar-refractivity contribution in [2.24, 2.45) is 5.92 Å². The van der Waals surface area contributed by atoms with E-state index in [-0.39, 0.29) is 0 Å². The molecule has 1 unspecified atom stereocenters. The number of nitrogens with zero attached hydrogens (tertiary/aromatic N) is 1. The Morgan fingerprint density at radius 1 is 1.47 bits per heavy atom. The van der Waals surface area contributed by atoms with Crippen LogP contribution in [0.15, 0.2) is 28.7 Å². The molecule has 2 nitrogen and oxygen atoms in total. The number of rotatable bonds is 4. The van der Waals surface area contributed by atoms with Gasteiger partial charge in [-0.15, -0.1) is 0 Å². The quantitative estimate of drug-likeness (QED) is 0.917. The van der Waals surface area contributed by atoms with Gasteiger partial charge in [-0.05, 0) is 57.0 Å². The molecule has 0 amide bonds. The van der Waals surface area contributed by atoms with E-state index in [9.17, 15) is 0 Å². The van der Waals surface area contributed by atoms with E-state index < -0.39 is 0 Å². The normalized spacial score (nSPS) is 20.6. The van der Waals surface area contributed by atoms with E-state index in [0.29, 0.717) is 0 Å². The van der Waals surface area contributed by atoms with Crippen molar-refractivity contribution >= 4 is 21.6 Å². The van der Waals surface area contributed by atoms with Gasteiger partial charge >= 0.3 is 0 Å². The molecule has 1 fully saturated rings. The lowest BCUT2D eigenvalue weighted by atomic mass is 9.94. The van der Waals surface area contributed by atoms with Crippen LogP contribution in [-0.2, 0) is 0 Å². The maximum atomic E-state index is 3.55. The van der Waals surface area contributed by atoms with Gasteiger partial charge in [0.1, 0.15) is 0 Å². The topological polar surface area (TPSA) is 15.3 Å². The minimum absolute atomic E-state index is 0.843. The Hall–Kier alpha value is -0.540. The number of halogens is 1. The van der Waals surface area contributed by atoms with Crippen LogP contribution in [0.4, 0.5) is 5.69 Å². The van der Waals surface area contributed by atoms with Crippen molar-refractivity contribution in [2.45, 2.75) is 19.3 Å². The summed E-state index contributed by atoms with van der Waals surface area (Å²) in [5.74, 6) is 0.843. The maximum Gasteiger partial charge on any atom is 0.0377 e. The molecule has 1 atom stereocenters. The van der Waals surface area contributed by atoms with Crippen LogP contribution in [-0.4, -0.2) is 26.7 Å². The Labute approximate surface area is 113 Å². The fourth-order valence-corrected chi connectivity index (χ4v) is 2.94. The van der Waals surface area contributed by atoms with E-state index in [0.717, 1.165) is 12.5 Å². The zero-order valence-corrected chi connectivity index (χ0v) is 12.0. The van der Waals surface area contributed by atoms with Crippen LogP contribution < -0.4 is 10.2 Å². The van der Waals surface area contributed by atoms with E-state index in [1.165, 1.54) is 42.5 Å². The molecule has 17 heavy (non-hydrogen) atoms. The van der Waals surface area contributed by atoms with Crippen molar-refractivity contribution in [3.05, 3.63) is 28.7 Å². The van der Waals surface area contributed by atoms with Gasteiger partial charge in [0.25, 0.3) is 0 Å². The summed E-state index contributed by atoms with van der Waals surface area (Å²) >= 11 is 3.55. The lowest BCUT2D eigenvalue weighted by Gasteiger charge is -2.34. The first-order valence-corrected chi connectivity index (χ1v) is 7.24. The summed E-state index contributed by atoms with van der Waals surface area (Å²) < 4.78 is 1.17. The first kappa shape index (κ1) is 12.9. The minimum atomic E-state index is 0.843. The standard InChI is InChI=1S/C14H21BrN2/c1-16-8-7-12-4-3-9-17(11-12)14-6-2-5-13(15)10-14/h2,5-6,10,12,16H,3-4,7-9,11H2,1H3. The number of benzene rings is 1. The summed E-state index contributed by atoms with van der Waals surface area (Å²) in [7, 11) is 2.04. The Kier molecular flexibility index (Phi) is 4.86. The highest BCUT2D eigenvalue weighted by molar-refractivity contribution is 9.10. The molecule has 1 saturated heterocycles. The maximum absolute atomic E-state index is 3.55. The van der Waals surface area contributed by atoms with Crippen LogP contribution in [0.2, 0.25) is 0 Å². The fraction of sp³-hybridized carbons (Fsp3) is 0.571. The van der Waals surface area contributed by atoms with E-state index in [1.807, 2.05) is 7.05 Å². The molecule has 94 valence electrons. The molecule has 1 aromatic carbocycles. The number of hydrogen-bond donors (Lipinski definition) is 1. The number of piperidine rings is 1. The van der Waals surface area contributed by atoms with E-state index in [1.54, 1.807) is 0 Å². The molecule has 0 aliphatic carbocycles. The second-order valence-electron chi connectivity index (χ2n) is 4.83. The molecular formula is C14H21BrN2. The molecule has 0 saturated carbocycles. The van der Waals surface area contributed by atoms with Crippen molar-refractivity contribution in [1.29, 1.82) is 0 Å². The third-order valence-corrected chi connectivity index (χ3v) is 3.99. The molecule has 0 aromatic heterocycles. The SMILES string of the molecule is CNCCC1CCCN(c2cccc(Br)c2)C1. The zero-order valence-electron chi connectivity index (χ0n) is 10.5. The molecule has 1 aliphatic rings. The van der Waals surface area contributed by atoms with Crippen molar-refractivity contribution in [3.8, 4) is 0 Å². The second-order valence-corrected chi connectivity index (χ2v) is 5.74. The zero-order chi connectivity index (χ0) is 12.1. The molecule has 0 radical (unpaired) electrons. The van der Waals surface area contributed by atoms with Gasteiger partial charge in [-0.2, -0.15) is 0 Å². The van der Waals surface area contributed by atoms with E-state index in [4.69, 9.17) is 0 Å². The lowest BCUT2D eigenvalue weighted by molar-refractivity contribution is 0.387. The van der Waals surface area contributed by atoms with Crippen LogP contribution in [0.5, 0.6) is 0 Å². The van der Waals surface area contributed by atoms with Gasteiger partial charge in [0.15, 0.2) is 0 Å². The van der Waals surface area contributed by atoms with Gasteiger partial charge in [-0.3, -0.25) is 0 Å². The van der Waals surface area contributed by atoms with Crippen molar-refractivity contribution in [1.82, 2.24) is 5.32 Å². The molecular weight excluding hydrogens is 276 g/mol. The Bertz CT molecular complexity index is 354. The summed E-state index contributed by atoms with van der Waals surface area (Å²) in [6.07, 6.45) is 3.99. The summed E-state index contributed by atoms with van der Waals surface area (Å²) in [4.78, 5) is 2.52. The van der Waals surface area contributed by atoms with Crippen LogP contribution in [0.25, 0.3) is 0 Å². The van der Waals surface area contributed by atoms with Gasteiger partial charge in [0.2, 0.25) is 0 Å². The van der Waals surface area contributed by atoms with Crippen LogP contribution >= 0.6 is 15.9 Å². The van der Waals surface area contributed by atoms with Gasteiger partial charge in [-0.25, -0.2) is 0 Å². The van der Waals surface area contributed by atoms with Crippen LogP contribution in [0.3, 0.4) is 0 Å². The van der Waals surface area contributed by atoms with E-state index in [2.05, 4.69) is 50.4 Å². The first-order chi connectivity index (χ1) is 8.29. The first-order valence-electron chi connectivity index (χ1n) is 6.44. The summed E-state index contributed by atoms with van der Waals surface area (Å²) in [6.45, 7) is 3.54. The second kappa shape index (κ2) is 6.41. The van der Waals surface area contributed by atoms with Gasteiger partial charge in [-0.1, -0.05) is 22.0 Å². The summed E-state index contributed by atoms with van der Waals surface area (Å²) in [6, 6.07) is 8.65. The third-order valence-electron chi connectivity index (χ3n) is 3.49. The summed E-state index contributed by atoms with van der Waals surface area (Å²) in [5, 5.41) is 3.25. The van der Waals surface area contributed by atoms with Crippen LogP contribution in [0, 0.1) is 5.92 Å². The molecule has 1 aromatic rings. The van der Waals surface area contributed by atoms with Gasteiger partial charge < -0.3 is 10.2 Å². The molecule has 1 aliphatic heterocycles. The average molecular weight is 297 g/mol. The number of nitrogens with one attached hydrogen (secondary N) is 1. The number of hydrogen-bond acceptors (Lipinski definition) is 2. The molecule has 1 N–H and O–H groups in total. The Morgan fingerprint density at radius 2 is 2.35 bits per heavy atom. The Morgan fingerprint density at radius 3 is 3.12 bits per heavy atom. The fourth-order valence-electron chi connectivity index (χ4n) is 2.56. The third kappa shape index (κ3) is 3.71. The monoisotopic (exact) mass is 296 g/mol. The number of anilines is 1. The predicted octanol–water partition coefficient (Wildman–Crippen LogP) is 3.28. The molecule has 1 heterocycles. The largest absolute Gasteiger partial charge is 0.371 e.